The number of fused-ring (bicyclic) bond motifs is 7. The van der Waals surface area contributed by atoms with Gasteiger partial charge in [0.1, 0.15) is 8.07 Å². The van der Waals surface area contributed by atoms with Crippen molar-refractivity contribution in [1.29, 1.82) is 0 Å². The van der Waals surface area contributed by atoms with E-state index in [1.54, 1.807) is 0 Å². The predicted molar refractivity (Wildman–Crippen MR) is 240 cm³/mol. The summed E-state index contributed by atoms with van der Waals surface area (Å²) in [4.78, 5) is 0. The van der Waals surface area contributed by atoms with Crippen molar-refractivity contribution in [3.8, 4) is 55.6 Å². The summed E-state index contributed by atoms with van der Waals surface area (Å²) in [5, 5.41) is 13.4. The van der Waals surface area contributed by atoms with E-state index in [0.717, 1.165) is 0 Å². The fraction of sp³-hybridized carbons (Fsp3) is 0.0370. The third kappa shape index (κ3) is 4.90. The van der Waals surface area contributed by atoms with Crippen molar-refractivity contribution in [2.24, 2.45) is 0 Å². The summed E-state index contributed by atoms with van der Waals surface area (Å²) >= 11 is 0. The van der Waals surface area contributed by atoms with Crippen LogP contribution < -0.4 is 10.4 Å². The van der Waals surface area contributed by atoms with Crippen LogP contribution in [0.3, 0.4) is 0 Å². The minimum Gasteiger partial charge on any atom is -0.0622 e. The summed E-state index contributed by atoms with van der Waals surface area (Å²) in [6.45, 7) is 5.10. The summed E-state index contributed by atoms with van der Waals surface area (Å²) in [5.41, 5.74) is 13.0. The highest BCUT2D eigenvalue weighted by Gasteiger charge is 2.38. The molecule has 0 fully saturated rings. The zero-order chi connectivity index (χ0) is 36.7. The van der Waals surface area contributed by atoms with Crippen LogP contribution in [-0.4, -0.2) is 8.07 Å². The number of hydrogen-bond acceptors (Lipinski definition) is 0. The van der Waals surface area contributed by atoms with Gasteiger partial charge in [0.25, 0.3) is 0 Å². The summed E-state index contributed by atoms with van der Waals surface area (Å²) in [6, 6.07) is 72.7. The molecule has 0 radical (unpaired) electrons. The molecule has 0 spiro atoms. The van der Waals surface area contributed by atoms with Gasteiger partial charge in [0.05, 0.1) is 0 Å². The van der Waals surface area contributed by atoms with Crippen LogP contribution in [0.15, 0.2) is 194 Å². The van der Waals surface area contributed by atoms with E-state index >= 15 is 0 Å². The molecule has 0 bridgehead atoms. The minimum atomic E-state index is -2.11. The van der Waals surface area contributed by atoms with Crippen LogP contribution in [0.1, 0.15) is 0 Å². The lowest BCUT2D eigenvalue weighted by Gasteiger charge is -2.23. The molecule has 0 N–H and O–H groups in total. The molecule has 1 aliphatic rings. The van der Waals surface area contributed by atoms with Gasteiger partial charge < -0.3 is 0 Å². The molecule has 1 aliphatic heterocycles. The van der Waals surface area contributed by atoms with Gasteiger partial charge in [0.15, 0.2) is 0 Å². The largest absolute Gasteiger partial charge is 0.113 e. The van der Waals surface area contributed by atoms with Crippen LogP contribution in [0.25, 0.3) is 98.7 Å². The zero-order valence-electron chi connectivity index (χ0n) is 31.0. The van der Waals surface area contributed by atoms with Crippen LogP contribution in [0, 0.1) is 0 Å². The van der Waals surface area contributed by atoms with Crippen molar-refractivity contribution in [3.05, 3.63) is 194 Å². The Balaban J connectivity index is 1.22. The second-order valence-electron chi connectivity index (χ2n) is 15.6. The highest BCUT2D eigenvalue weighted by atomic mass is 28.3. The average Bonchev–Trinajstić information content (AvgIpc) is 3.46. The molecule has 0 aliphatic carbocycles. The Morgan fingerprint density at radius 2 is 0.745 bits per heavy atom. The van der Waals surface area contributed by atoms with Crippen molar-refractivity contribution in [2.45, 2.75) is 13.1 Å². The first-order valence-corrected chi connectivity index (χ1v) is 22.3. The average molecular weight is 715 g/mol. The minimum absolute atomic E-state index is 1.24. The van der Waals surface area contributed by atoms with Gasteiger partial charge in [0.2, 0.25) is 0 Å². The summed E-state index contributed by atoms with van der Waals surface area (Å²) in [6.07, 6.45) is 0. The van der Waals surface area contributed by atoms with Crippen molar-refractivity contribution in [1.82, 2.24) is 0 Å². The maximum atomic E-state index is 2.60. The molecular weight excluding hydrogens is 677 g/mol. The Bertz CT molecular complexity index is 3140. The lowest BCUT2D eigenvalue weighted by Crippen LogP contribution is -2.49. The van der Waals surface area contributed by atoms with Crippen molar-refractivity contribution < 1.29 is 0 Å². The Kier molecular flexibility index (Phi) is 7.11. The van der Waals surface area contributed by atoms with Crippen LogP contribution in [0.2, 0.25) is 13.1 Å². The molecule has 1 heteroatoms. The highest BCUT2D eigenvalue weighted by Crippen LogP contribution is 2.47. The maximum Gasteiger partial charge on any atom is 0.113 e. The Labute approximate surface area is 323 Å². The van der Waals surface area contributed by atoms with Crippen LogP contribution in [0.4, 0.5) is 0 Å². The first-order valence-electron chi connectivity index (χ1n) is 19.3. The van der Waals surface area contributed by atoms with Gasteiger partial charge in [-0.3, -0.25) is 0 Å². The van der Waals surface area contributed by atoms with Gasteiger partial charge in [0, 0.05) is 0 Å². The zero-order valence-corrected chi connectivity index (χ0v) is 32.0. The highest BCUT2D eigenvalue weighted by molar-refractivity contribution is 7.04. The quantitative estimate of drug-likeness (QED) is 0.126. The molecule has 0 atom stereocenters. The molecule has 0 nitrogen and oxygen atoms in total. The van der Waals surface area contributed by atoms with E-state index in [4.69, 9.17) is 0 Å². The van der Waals surface area contributed by atoms with E-state index < -0.39 is 8.07 Å². The van der Waals surface area contributed by atoms with Crippen LogP contribution >= 0.6 is 0 Å². The number of benzene rings is 10. The monoisotopic (exact) mass is 714 g/mol. The van der Waals surface area contributed by atoms with Gasteiger partial charge >= 0.3 is 0 Å². The van der Waals surface area contributed by atoms with Crippen molar-refractivity contribution in [2.75, 3.05) is 0 Å². The molecule has 0 saturated heterocycles. The maximum absolute atomic E-state index is 2.60. The molecule has 0 unspecified atom stereocenters. The Morgan fingerprint density at radius 1 is 0.273 bits per heavy atom. The summed E-state index contributed by atoms with van der Waals surface area (Å²) in [7, 11) is -2.11. The number of hydrogen-bond donors (Lipinski definition) is 0. The SMILES string of the molecule is C[Si]1(C)c2cc(-c3cccc4ccccc34)ccc2-c2cc3c(-c4ccccc4)c4ccc(-c5cccc6ccccc56)cc4c(-c4ccccc4)c3cc21. The summed E-state index contributed by atoms with van der Waals surface area (Å²) in [5.74, 6) is 0. The van der Waals surface area contributed by atoms with E-state index in [1.807, 2.05) is 0 Å². The normalized spacial score (nSPS) is 13.1. The topological polar surface area (TPSA) is 0 Å². The van der Waals surface area contributed by atoms with Crippen molar-refractivity contribution in [3.63, 3.8) is 0 Å². The number of rotatable bonds is 4. The third-order valence-electron chi connectivity index (χ3n) is 12.2. The molecule has 0 amide bonds. The second kappa shape index (κ2) is 12.2. The van der Waals surface area contributed by atoms with Crippen LogP contribution in [0.5, 0.6) is 0 Å². The van der Waals surface area contributed by atoms with Gasteiger partial charge in [-0.05, 0) is 121 Å². The molecule has 0 saturated carbocycles. The molecule has 258 valence electrons. The fourth-order valence-corrected chi connectivity index (χ4v) is 12.7. The molecular formula is C54H38Si. The molecule has 1 heterocycles. The van der Waals surface area contributed by atoms with Gasteiger partial charge in [-0.25, -0.2) is 0 Å². The predicted octanol–water partition coefficient (Wildman–Crippen LogP) is 13.8. The lowest BCUT2D eigenvalue weighted by atomic mass is 9.83. The van der Waals surface area contributed by atoms with E-state index in [2.05, 4.69) is 207 Å². The van der Waals surface area contributed by atoms with E-state index in [-0.39, 0.29) is 0 Å². The Hall–Kier alpha value is -6.54. The molecule has 55 heavy (non-hydrogen) atoms. The van der Waals surface area contributed by atoms with Gasteiger partial charge in [-0.15, -0.1) is 0 Å². The molecule has 10 aromatic rings. The second-order valence-corrected chi connectivity index (χ2v) is 20.0. The third-order valence-corrected chi connectivity index (χ3v) is 15.8. The van der Waals surface area contributed by atoms with E-state index in [0.29, 0.717) is 0 Å². The fourth-order valence-electron chi connectivity index (χ4n) is 9.57. The standard InChI is InChI=1S/C54H38Si/c1-55(2)51-32-40(44-26-14-22-36-16-10-12-24-42(36)44)27-29-45(51)47-33-49-50(34-52(47)55)54(38-19-7-4-8-20-38)48-31-39(43-25-13-21-35-15-9-11-23-41(35)43)28-30-46(48)53(49)37-17-5-3-6-18-37/h3-34H,1-2H3. The first kappa shape index (κ1) is 31.9. The van der Waals surface area contributed by atoms with Crippen LogP contribution in [-0.2, 0) is 0 Å². The molecule has 0 aromatic heterocycles. The first-order chi connectivity index (χ1) is 27.0. The molecule has 11 rings (SSSR count). The Morgan fingerprint density at radius 3 is 1.38 bits per heavy atom. The summed E-state index contributed by atoms with van der Waals surface area (Å²) < 4.78 is 0. The molecule has 10 aromatic carbocycles. The van der Waals surface area contributed by atoms with Gasteiger partial charge in [-0.1, -0.05) is 195 Å². The lowest BCUT2D eigenvalue weighted by molar-refractivity contribution is 1.64. The van der Waals surface area contributed by atoms with E-state index in [9.17, 15) is 0 Å². The smallest absolute Gasteiger partial charge is 0.0622 e. The van der Waals surface area contributed by atoms with E-state index in [1.165, 1.54) is 109 Å². The van der Waals surface area contributed by atoms with Crippen molar-refractivity contribution >= 4 is 61.5 Å². The van der Waals surface area contributed by atoms with Gasteiger partial charge in [-0.2, -0.15) is 0 Å².